The SMILES string of the molecule is COc1c(CC2CCCCN2)cc(C(C)C)c(OC)c1Br. The summed E-state index contributed by atoms with van der Waals surface area (Å²) in [5.74, 6) is 2.21. The van der Waals surface area contributed by atoms with Crippen molar-refractivity contribution in [1.29, 1.82) is 0 Å². The molecule has 0 spiro atoms. The minimum absolute atomic E-state index is 0.417. The second kappa shape index (κ2) is 7.50. The molecule has 0 aromatic heterocycles. The highest BCUT2D eigenvalue weighted by molar-refractivity contribution is 9.10. The molecule has 1 aliphatic rings. The largest absolute Gasteiger partial charge is 0.495 e. The van der Waals surface area contributed by atoms with Crippen LogP contribution in [0.3, 0.4) is 0 Å². The summed E-state index contributed by atoms with van der Waals surface area (Å²) >= 11 is 3.67. The number of hydrogen-bond donors (Lipinski definition) is 1. The monoisotopic (exact) mass is 355 g/mol. The number of ether oxygens (including phenoxy) is 2. The van der Waals surface area contributed by atoms with E-state index in [0.29, 0.717) is 12.0 Å². The van der Waals surface area contributed by atoms with Crippen molar-refractivity contribution in [3.05, 3.63) is 21.7 Å². The van der Waals surface area contributed by atoms with Crippen LogP contribution in [0.1, 0.15) is 50.2 Å². The lowest BCUT2D eigenvalue weighted by Crippen LogP contribution is -2.35. The van der Waals surface area contributed by atoms with Crippen LogP contribution in [0, 0.1) is 0 Å². The molecule has 1 fully saturated rings. The van der Waals surface area contributed by atoms with Gasteiger partial charge in [-0.15, -0.1) is 0 Å². The van der Waals surface area contributed by atoms with Gasteiger partial charge in [0.25, 0.3) is 0 Å². The van der Waals surface area contributed by atoms with Gasteiger partial charge >= 0.3 is 0 Å². The molecule has 1 N–H and O–H groups in total. The van der Waals surface area contributed by atoms with Gasteiger partial charge in [-0.3, -0.25) is 0 Å². The fraction of sp³-hybridized carbons (Fsp3) is 0.647. The van der Waals surface area contributed by atoms with Gasteiger partial charge in [0.15, 0.2) is 0 Å². The number of methoxy groups -OCH3 is 2. The molecule has 0 saturated carbocycles. The van der Waals surface area contributed by atoms with E-state index in [2.05, 4.69) is 41.2 Å². The Morgan fingerprint density at radius 2 is 1.95 bits per heavy atom. The summed E-state index contributed by atoms with van der Waals surface area (Å²) in [4.78, 5) is 0. The van der Waals surface area contributed by atoms with E-state index in [1.54, 1.807) is 14.2 Å². The van der Waals surface area contributed by atoms with E-state index in [0.717, 1.165) is 28.9 Å². The molecule has 21 heavy (non-hydrogen) atoms. The summed E-state index contributed by atoms with van der Waals surface area (Å²) in [6, 6.07) is 2.80. The standard InChI is InChI=1S/C17H26BrNO2/c1-11(2)14-10-12(9-13-7-5-6-8-19-13)16(20-3)15(18)17(14)21-4/h10-11,13,19H,5-9H2,1-4H3. The van der Waals surface area contributed by atoms with Crippen molar-refractivity contribution < 1.29 is 9.47 Å². The van der Waals surface area contributed by atoms with E-state index in [4.69, 9.17) is 9.47 Å². The third-order valence-corrected chi connectivity index (χ3v) is 4.91. The van der Waals surface area contributed by atoms with Crippen molar-refractivity contribution in [1.82, 2.24) is 5.32 Å². The Bertz CT molecular complexity index is 482. The van der Waals surface area contributed by atoms with E-state index in [1.807, 2.05) is 0 Å². The van der Waals surface area contributed by atoms with E-state index in [-0.39, 0.29) is 0 Å². The Hall–Kier alpha value is -0.740. The Morgan fingerprint density at radius 3 is 2.48 bits per heavy atom. The van der Waals surface area contributed by atoms with Crippen LogP contribution < -0.4 is 14.8 Å². The average molecular weight is 356 g/mol. The lowest BCUT2D eigenvalue weighted by molar-refractivity contribution is 0.369. The van der Waals surface area contributed by atoms with Gasteiger partial charge in [-0.25, -0.2) is 0 Å². The molecule has 0 radical (unpaired) electrons. The second-order valence-electron chi connectivity index (χ2n) is 6.01. The van der Waals surface area contributed by atoms with Gasteiger partial charge in [-0.2, -0.15) is 0 Å². The van der Waals surface area contributed by atoms with Crippen LogP contribution in [-0.4, -0.2) is 26.8 Å². The Morgan fingerprint density at radius 1 is 1.24 bits per heavy atom. The molecule has 118 valence electrons. The van der Waals surface area contributed by atoms with Crippen LogP contribution in [0.15, 0.2) is 10.5 Å². The highest BCUT2D eigenvalue weighted by Crippen LogP contribution is 2.43. The molecule has 3 nitrogen and oxygen atoms in total. The van der Waals surface area contributed by atoms with Gasteiger partial charge in [0.2, 0.25) is 0 Å². The second-order valence-corrected chi connectivity index (χ2v) is 6.80. The fourth-order valence-corrected chi connectivity index (χ4v) is 3.87. The highest BCUT2D eigenvalue weighted by atomic mass is 79.9. The van der Waals surface area contributed by atoms with E-state index in [1.165, 1.54) is 30.4 Å². The maximum atomic E-state index is 5.64. The third kappa shape index (κ3) is 3.72. The number of piperidine rings is 1. The number of nitrogens with one attached hydrogen (secondary N) is 1. The fourth-order valence-electron chi connectivity index (χ4n) is 3.06. The van der Waals surface area contributed by atoms with Gasteiger partial charge in [0.05, 0.1) is 14.2 Å². The average Bonchev–Trinajstić information content (AvgIpc) is 2.48. The van der Waals surface area contributed by atoms with E-state index in [9.17, 15) is 0 Å². The molecular weight excluding hydrogens is 330 g/mol. The Kier molecular flexibility index (Phi) is 5.94. The Labute approximate surface area is 136 Å². The van der Waals surface area contributed by atoms with Crippen LogP contribution in [0.25, 0.3) is 0 Å². The maximum Gasteiger partial charge on any atom is 0.140 e. The van der Waals surface area contributed by atoms with Crippen LogP contribution >= 0.6 is 15.9 Å². The molecule has 2 rings (SSSR count). The first-order chi connectivity index (χ1) is 10.1. The minimum atomic E-state index is 0.417. The smallest absolute Gasteiger partial charge is 0.140 e. The van der Waals surface area contributed by atoms with Gasteiger partial charge in [0.1, 0.15) is 16.0 Å². The number of benzene rings is 1. The van der Waals surface area contributed by atoms with Crippen molar-refractivity contribution in [3.8, 4) is 11.5 Å². The summed E-state index contributed by atoms with van der Waals surface area (Å²) in [6.45, 7) is 5.51. The van der Waals surface area contributed by atoms with Crippen LogP contribution in [-0.2, 0) is 6.42 Å². The maximum absolute atomic E-state index is 5.64. The zero-order valence-electron chi connectivity index (χ0n) is 13.5. The zero-order valence-corrected chi connectivity index (χ0v) is 15.0. The molecule has 1 aliphatic heterocycles. The first-order valence-electron chi connectivity index (χ1n) is 7.75. The van der Waals surface area contributed by atoms with Crippen molar-refractivity contribution in [2.45, 2.75) is 51.5 Å². The molecule has 1 atom stereocenters. The molecule has 1 heterocycles. The Balaban J connectivity index is 2.38. The molecule has 0 amide bonds. The topological polar surface area (TPSA) is 30.5 Å². The summed E-state index contributed by atoms with van der Waals surface area (Å²) in [5.41, 5.74) is 2.49. The van der Waals surface area contributed by atoms with Crippen molar-refractivity contribution in [2.75, 3.05) is 20.8 Å². The van der Waals surface area contributed by atoms with E-state index >= 15 is 0 Å². The molecule has 0 aliphatic carbocycles. The van der Waals surface area contributed by atoms with Crippen molar-refractivity contribution in [2.24, 2.45) is 0 Å². The van der Waals surface area contributed by atoms with Crippen LogP contribution in [0.2, 0.25) is 0 Å². The molecular formula is C17H26BrNO2. The highest BCUT2D eigenvalue weighted by Gasteiger charge is 2.22. The molecule has 1 aromatic rings. The molecule has 1 saturated heterocycles. The molecule has 1 aromatic carbocycles. The first kappa shape index (κ1) is 16.6. The first-order valence-corrected chi connectivity index (χ1v) is 8.54. The summed E-state index contributed by atoms with van der Waals surface area (Å²) < 4.78 is 12.2. The predicted octanol–water partition coefficient (Wildman–Crippen LogP) is 4.27. The molecule has 1 unspecified atom stereocenters. The number of halogens is 1. The zero-order chi connectivity index (χ0) is 15.4. The lowest BCUT2D eigenvalue weighted by atomic mass is 9.93. The predicted molar refractivity (Wildman–Crippen MR) is 90.7 cm³/mol. The van der Waals surface area contributed by atoms with Crippen molar-refractivity contribution in [3.63, 3.8) is 0 Å². The van der Waals surface area contributed by atoms with Gasteiger partial charge < -0.3 is 14.8 Å². The molecule has 0 bridgehead atoms. The summed E-state index contributed by atoms with van der Waals surface area (Å²) in [6.07, 6.45) is 4.85. The number of hydrogen-bond acceptors (Lipinski definition) is 3. The van der Waals surface area contributed by atoms with Crippen molar-refractivity contribution >= 4 is 15.9 Å². The third-order valence-electron chi connectivity index (χ3n) is 4.19. The minimum Gasteiger partial charge on any atom is -0.495 e. The summed E-state index contributed by atoms with van der Waals surface area (Å²) in [7, 11) is 3.44. The van der Waals surface area contributed by atoms with Gasteiger partial charge in [-0.1, -0.05) is 20.3 Å². The van der Waals surface area contributed by atoms with E-state index < -0.39 is 0 Å². The summed E-state index contributed by atoms with van der Waals surface area (Å²) in [5, 5.41) is 3.61. The molecule has 4 heteroatoms. The number of rotatable bonds is 5. The quantitative estimate of drug-likeness (QED) is 0.855. The van der Waals surface area contributed by atoms with Crippen LogP contribution in [0.4, 0.5) is 0 Å². The van der Waals surface area contributed by atoms with Gasteiger partial charge in [-0.05, 0) is 64.8 Å². The lowest BCUT2D eigenvalue weighted by Gasteiger charge is -2.26. The normalized spacial score (nSPS) is 18.9. The van der Waals surface area contributed by atoms with Crippen LogP contribution in [0.5, 0.6) is 11.5 Å². The van der Waals surface area contributed by atoms with Gasteiger partial charge in [0, 0.05) is 6.04 Å².